The average molecular weight is 154 g/mol. The molecule has 0 rings (SSSR count). The van der Waals surface area contributed by atoms with Gasteiger partial charge in [0.25, 0.3) is 0 Å². The molecule has 2 heteroatoms. The van der Waals surface area contributed by atoms with Gasteiger partial charge in [-0.3, -0.25) is 4.99 Å². The summed E-state index contributed by atoms with van der Waals surface area (Å²) in [7, 11) is 1.81. The zero-order valence-corrected chi connectivity index (χ0v) is 8.13. The topological polar surface area (TPSA) is 15.6 Å². The first-order chi connectivity index (χ1) is 5.13. The fraction of sp³-hybridized carbons (Fsp3) is 0.667. The van der Waals surface area contributed by atoms with E-state index in [0.29, 0.717) is 6.04 Å². The number of hydrogen-bond acceptors (Lipinski definition) is 1. The average Bonchev–Trinajstić information content (AvgIpc) is 1.98. The van der Waals surface area contributed by atoms with Crippen LogP contribution in [0.25, 0.3) is 0 Å². The standard InChI is InChI=1S/C9H18N2/c1-6-7-11(8(2)3)9(4)10-5/h6-8H,1-5H3/b7-6+,10-9-. The molecule has 0 aliphatic rings. The summed E-state index contributed by atoms with van der Waals surface area (Å²) in [5, 5.41) is 0. The molecule has 0 atom stereocenters. The van der Waals surface area contributed by atoms with Gasteiger partial charge in [0.1, 0.15) is 0 Å². The molecule has 0 unspecified atom stereocenters. The monoisotopic (exact) mass is 154 g/mol. The van der Waals surface area contributed by atoms with E-state index in [2.05, 4.69) is 23.7 Å². The summed E-state index contributed by atoms with van der Waals surface area (Å²) in [6.45, 7) is 8.32. The van der Waals surface area contributed by atoms with Gasteiger partial charge in [-0.25, -0.2) is 0 Å². The molecular weight excluding hydrogens is 136 g/mol. The van der Waals surface area contributed by atoms with Crippen molar-refractivity contribution in [1.82, 2.24) is 4.90 Å². The number of amidine groups is 1. The summed E-state index contributed by atoms with van der Waals surface area (Å²) in [5.74, 6) is 1.05. The molecule has 0 saturated carbocycles. The number of aliphatic imine (C=N–C) groups is 1. The fourth-order valence-electron chi connectivity index (χ4n) is 0.930. The number of rotatable bonds is 2. The van der Waals surface area contributed by atoms with Crippen LogP contribution in [-0.2, 0) is 0 Å². The summed E-state index contributed by atoms with van der Waals surface area (Å²) in [6.07, 6.45) is 4.07. The molecule has 0 radical (unpaired) electrons. The van der Waals surface area contributed by atoms with Crippen LogP contribution in [0, 0.1) is 0 Å². The minimum atomic E-state index is 0.481. The van der Waals surface area contributed by atoms with Crippen LogP contribution in [0.1, 0.15) is 27.7 Å². The van der Waals surface area contributed by atoms with Gasteiger partial charge in [0.2, 0.25) is 0 Å². The molecule has 11 heavy (non-hydrogen) atoms. The van der Waals surface area contributed by atoms with Crippen molar-refractivity contribution in [3.05, 3.63) is 12.3 Å². The highest BCUT2D eigenvalue weighted by atomic mass is 15.2. The minimum absolute atomic E-state index is 0.481. The Morgan fingerprint density at radius 3 is 2.27 bits per heavy atom. The SMILES string of the molecule is C/C=C/N(/C(C)=N\C)C(C)C. The van der Waals surface area contributed by atoms with Crippen LogP contribution in [0.15, 0.2) is 17.3 Å². The second kappa shape index (κ2) is 4.94. The van der Waals surface area contributed by atoms with Crippen LogP contribution in [0.4, 0.5) is 0 Å². The highest BCUT2D eigenvalue weighted by Crippen LogP contribution is 2.00. The van der Waals surface area contributed by atoms with E-state index in [-0.39, 0.29) is 0 Å². The molecule has 0 saturated heterocycles. The second-order valence-corrected chi connectivity index (χ2v) is 2.75. The zero-order valence-electron chi connectivity index (χ0n) is 8.13. The summed E-state index contributed by atoms with van der Waals surface area (Å²) >= 11 is 0. The van der Waals surface area contributed by atoms with Gasteiger partial charge in [0.15, 0.2) is 0 Å². The number of allylic oxidation sites excluding steroid dienone is 1. The second-order valence-electron chi connectivity index (χ2n) is 2.75. The van der Waals surface area contributed by atoms with Gasteiger partial charge in [0, 0.05) is 19.3 Å². The molecule has 0 aliphatic heterocycles. The Labute approximate surface area is 69.6 Å². The van der Waals surface area contributed by atoms with E-state index in [1.165, 1.54) is 0 Å². The van der Waals surface area contributed by atoms with E-state index in [1.807, 2.05) is 33.2 Å². The largest absolute Gasteiger partial charge is 0.335 e. The van der Waals surface area contributed by atoms with Crippen LogP contribution in [0.2, 0.25) is 0 Å². The lowest BCUT2D eigenvalue weighted by atomic mass is 10.3. The Hall–Kier alpha value is -0.790. The molecule has 0 N–H and O–H groups in total. The summed E-state index contributed by atoms with van der Waals surface area (Å²) in [6, 6.07) is 0.481. The van der Waals surface area contributed by atoms with Crippen LogP contribution < -0.4 is 0 Å². The quantitative estimate of drug-likeness (QED) is 0.440. The highest BCUT2D eigenvalue weighted by molar-refractivity contribution is 5.80. The van der Waals surface area contributed by atoms with E-state index >= 15 is 0 Å². The zero-order chi connectivity index (χ0) is 8.85. The Morgan fingerprint density at radius 1 is 1.45 bits per heavy atom. The van der Waals surface area contributed by atoms with Crippen molar-refractivity contribution in [3.8, 4) is 0 Å². The first-order valence-electron chi connectivity index (χ1n) is 3.98. The number of nitrogens with zero attached hydrogens (tertiary/aromatic N) is 2. The normalized spacial score (nSPS) is 13.1. The lowest BCUT2D eigenvalue weighted by molar-refractivity contribution is 0.455. The highest BCUT2D eigenvalue weighted by Gasteiger charge is 2.05. The van der Waals surface area contributed by atoms with Crippen molar-refractivity contribution in [2.75, 3.05) is 7.05 Å². The third-order valence-corrected chi connectivity index (χ3v) is 1.56. The predicted molar refractivity (Wildman–Crippen MR) is 50.8 cm³/mol. The first kappa shape index (κ1) is 10.2. The Kier molecular flexibility index (Phi) is 4.59. The molecular formula is C9H18N2. The van der Waals surface area contributed by atoms with Crippen molar-refractivity contribution >= 4 is 5.84 Å². The Morgan fingerprint density at radius 2 is 2.00 bits per heavy atom. The van der Waals surface area contributed by atoms with Gasteiger partial charge < -0.3 is 4.90 Å². The predicted octanol–water partition coefficient (Wildman–Crippen LogP) is 2.28. The maximum Gasteiger partial charge on any atom is 0.0996 e. The van der Waals surface area contributed by atoms with E-state index in [0.717, 1.165) is 5.84 Å². The maximum atomic E-state index is 4.12. The molecule has 0 fully saturated rings. The molecule has 0 aromatic heterocycles. The molecule has 2 nitrogen and oxygen atoms in total. The molecule has 0 aliphatic carbocycles. The molecule has 0 amide bonds. The summed E-state index contributed by atoms with van der Waals surface area (Å²) < 4.78 is 0. The molecule has 0 aromatic carbocycles. The lowest BCUT2D eigenvalue weighted by Crippen LogP contribution is -2.29. The molecule has 0 aromatic rings. The summed E-state index contributed by atoms with van der Waals surface area (Å²) in [5.41, 5.74) is 0. The molecule has 64 valence electrons. The van der Waals surface area contributed by atoms with Crippen LogP contribution >= 0.6 is 0 Å². The van der Waals surface area contributed by atoms with E-state index in [9.17, 15) is 0 Å². The van der Waals surface area contributed by atoms with Gasteiger partial charge in [-0.15, -0.1) is 0 Å². The first-order valence-corrected chi connectivity index (χ1v) is 3.98. The smallest absolute Gasteiger partial charge is 0.0996 e. The van der Waals surface area contributed by atoms with Gasteiger partial charge in [-0.05, 0) is 27.7 Å². The van der Waals surface area contributed by atoms with Crippen molar-refractivity contribution in [2.24, 2.45) is 4.99 Å². The van der Waals surface area contributed by atoms with Crippen molar-refractivity contribution in [3.63, 3.8) is 0 Å². The van der Waals surface area contributed by atoms with Crippen molar-refractivity contribution in [1.29, 1.82) is 0 Å². The minimum Gasteiger partial charge on any atom is -0.335 e. The lowest BCUT2D eigenvalue weighted by Gasteiger charge is -2.23. The molecule has 0 bridgehead atoms. The third kappa shape index (κ3) is 3.21. The Balaban J connectivity index is 4.34. The Bertz CT molecular complexity index is 157. The van der Waals surface area contributed by atoms with Crippen LogP contribution in [0.5, 0.6) is 0 Å². The van der Waals surface area contributed by atoms with Gasteiger partial charge in [-0.1, -0.05) is 6.08 Å². The van der Waals surface area contributed by atoms with Gasteiger partial charge in [-0.2, -0.15) is 0 Å². The van der Waals surface area contributed by atoms with Gasteiger partial charge >= 0.3 is 0 Å². The molecule has 0 spiro atoms. The van der Waals surface area contributed by atoms with E-state index in [4.69, 9.17) is 0 Å². The van der Waals surface area contributed by atoms with Crippen LogP contribution in [0.3, 0.4) is 0 Å². The fourth-order valence-corrected chi connectivity index (χ4v) is 0.930. The van der Waals surface area contributed by atoms with E-state index in [1.54, 1.807) is 0 Å². The van der Waals surface area contributed by atoms with E-state index < -0.39 is 0 Å². The maximum absolute atomic E-state index is 4.12. The van der Waals surface area contributed by atoms with Crippen molar-refractivity contribution in [2.45, 2.75) is 33.7 Å². The summed E-state index contributed by atoms with van der Waals surface area (Å²) in [4.78, 5) is 6.26. The van der Waals surface area contributed by atoms with Gasteiger partial charge in [0.05, 0.1) is 5.84 Å². The third-order valence-electron chi connectivity index (χ3n) is 1.56. The van der Waals surface area contributed by atoms with Crippen molar-refractivity contribution < 1.29 is 0 Å². The van der Waals surface area contributed by atoms with Crippen LogP contribution in [-0.4, -0.2) is 23.8 Å². The molecule has 0 heterocycles. The number of hydrogen-bond donors (Lipinski definition) is 0.